The Balaban J connectivity index is 3.35. The van der Waals surface area contributed by atoms with Crippen molar-refractivity contribution in [1.29, 1.82) is 0 Å². The van der Waals surface area contributed by atoms with Gasteiger partial charge in [0.25, 0.3) is 0 Å². The Bertz CT molecular complexity index is 444. The van der Waals surface area contributed by atoms with E-state index < -0.39 is 41.3 Å². The van der Waals surface area contributed by atoms with E-state index in [-0.39, 0.29) is 6.07 Å². The number of pyridine rings is 1. The minimum absolute atomic E-state index is 0.168. The van der Waals surface area contributed by atoms with E-state index in [1.807, 2.05) is 0 Å². The molecule has 1 aromatic heterocycles. The van der Waals surface area contributed by atoms with Crippen molar-refractivity contribution in [2.75, 3.05) is 0 Å². The van der Waals surface area contributed by atoms with Crippen molar-refractivity contribution in [3.63, 3.8) is 0 Å². The Kier molecular flexibility index (Phi) is 3.84. The van der Waals surface area contributed by atoms with E-state index in [9.17, 15) is 26.3 Å². The first-order valence-electron chi connectivity index (χ1n) is 4.16. The molecule has 0 aliphatic heterocycles. The van der Waals surface area contributed by atoms with E-state index in [1.165, 1.54) is 0 Å². The van der Waals surface area contributed by atoms with Crippen molar-refractivity contribution < 1.29 is 36.2 Å². The number of aromatic hydroxyl groups is 1. The SMILES string of the molecule is Oc1cc(OC(F)(F)F)c(C(F)(F)F)nc1CCl. The lowest BCUT2D eigenvalue weighted by molar-refractivity contribution is -0.276. The lowest BCUT2D eigenvalue weighted by Crippen LogP contribution is -2.21. The molecule has 0 amide bonds. The van der Waals surface area contributed by atoms with Crippen LogP contribution in [0.3, 0.4) is 0 Å². The molecule has 1 heterocycles. The highest BCUT2D eigenvalue weighted by molar-refractivity contribution is 6.17. The van der Waals surface area contributed by atoms with E-state index in [0.29, 0.717) is 0 Å². The van der Waals surface area contributed by atoms with Gasteiger partial charge in [0.05, 0.1) is 11.6 Å². The second-order valence-corrected chi connectivity index (χ2v) is 3.25. The van der Waals surface area contributed by atoms with Gasteiger partial charge in [-0.2, -0.15) is 13.2 Å². The average Bonchev–Trinajstić information content (AvgIpc) is 2.13. The van der Waals surface area contributed by atoms with Gasteiger partial charge >= 0.3 is 12.5 Å². The Morgan fingerprint density at radius 2 is 1.78 bits per heavy atom. The number of alkyl halides is 7. The summed E-state index contributed by atoms with van der Waals surface area (Å²) in [6, 6.07) is 0.168. The average molecular weight is 296 g/mol. The number of hydrogen-bond donors (Lipinski definition) is 1. The molecule has 0 aliphatic carbocycles. The summed E-state index contributed by atoms with van der Waals surface area (Å²) < 4.78 is 76.2. The van der Waals surface area contributed by atoms with Crippen LogP contribution in [0.2, 0.25) is 0 Å². The van der Waals surface area contributed by atoms with Crippen molar-refractivity contribution in [3.05, 3.63) is 17.5 Å². The van der Waals surface area contributed by atoms with Gasteiger partial charge in [-0.1, -0.05) is 0 Å². The number of halogens is 7. The van der Waals surface area contributed by atoms with Gasteiger partial charge in [-0.15, -0.1) is 24.8 Å². The van der Waals surface area contributed by atoms with E-state index in [0.717, 1.165) is 0 Å². The van der Waals surface area contributed by atoms with E-state index >= 15 is 0 Å². The van der Waals surface area contributed by atoms with Crippen LogP contribution >= 0.6 is 11.6 Å². The maximum Gasteiger partial charge on any atom is 0.573 e. The molecule has 0 bridgehead atoms. The molecule has 1 rings (SSSR count). The van der Waals surface area contributed by atoms with Crippen LogP contribution in [0.4, 0.5) is 26.3 Å². The van der Waals surface area contributed by atoms with Gasteiger partial charge in [0.2, 0.25) is 0 Å². The molecular weight excluding hydrogens is 292 g/mol. The Morgan fingerprint density at radius 1 is 1.22 bits per heavy atom. The largest absolute Gasteiger partial charge is 0.573 e. The van der Waals surface area contributed by atoms with Gasteiger partial charge in [-0.05, 0) is 0 Å². The third-order valence-corrected chi connectivity index (χ3v) is 1.92. The molecule has 0 saturated heterocycles. The Hall–Kier alpha value is -1.38. The van der Waals surface area contributed by atoms with Crippen LogP contribution in [-0.2, 0) is 12.1 Å². The molecule has 10 heteroatoms. The highest BCUT2D eigenvalue weighted by Gasteiger charge is 2.41. The summed E-state index contributed by atoms with van der Waals surface area (Å²) in [6.45, 7) is 0. The highest BCUT2D eigenvalue weighted by Crippen LogP contribution is 2.39. The van der Waals surface area contributed by atoms with Crippen molar-refractivity contribution >= 4 is 11.6 Å². The molecule has 3 nitrogen and oxygen atoms in total. The molecule has 102 valence electrons. The van der Waals surface area contributed by atoms with Gasteiger partial charge in [0, 0.05) is 6.07 Å². The zero-order chi connectivity index (χ0) is 14.1. The van der Waals surface area contributed by atoms with Crippen LogP contribution in [0, 0.1) is 0 Å². The molecule has 0 saturated carbocycles. The monoisotopic (exact) mass is 295 g/mol. The number of hydrogen-bond acceptors (Lipinski definition) is 3. The van der Waals surface area contributed by atoms with E-state index in [1.54, 1.807) is 0 Å². The minimum atomic E-state index is -5.34. The molecule has 0 spiro atoms. The Morgan fingerprint density at radius 3 is 2.17 bits per heavy atom. The maximum absolute atomic E-state index is 12.4. The van der Waals surface area contributed by atoms with Crippen LogP contribution < -0.4 is 4.74 Å². The zero-order valence-electron chi connectivity index (χ0n) is 8.23. The third kappa shape index (κ3) is 3.56. The van der Waals surface area contributed by atoms with Gasteiger partial charge in [0.1, 0.15) is 5.75 Å². The summed E-state index contributed by atoms with van der Waals surface area (Å²) in [5.41, 5.74) is -2.51. The predicted molar refractivity (Wildman–Crippen MR) is 47.1 cm³/mol. The summed E-state index contributed by atoms with van der Waals surface area (Å²) in [4.78, 5) is 2.81. The van der Waals surface area contributed by atoms with Crippen LogP contribution in [0.5, 0.6) is 11.5 Å². The number of aromatic nitrogens is 1. The first-order valence-corrected chi connectivity index (χ1v) is 4.70. The van der Waals surface area contributed by atoms with Crippen molar-refractivity contribution in [1.82, 2.24) is 4.98 Å². The predicted octanol–water partition coefficient (Wildman–Crippen LogP) is 3.44. The second kappa shape index (κ2) is 4.71. The van der Waals surface area contributed by atoms with Crippen molar-refractivity contribution in [3.8, 4) is 11.5 Å². The first-order chi connectivity index (χ1) is 8.04. The fourth-order valence-electron chi connectivity index (χ4n) is 1.03. The van der Waals surface area contributed by atoms with Gasteiger partial charge in [0.15, 0.2) is 11.4 Å². The Labute approximate surface area is 101 Å². The molecular formula is C8H4ClF6NO2. The normalized spacial score (nSPS) is 12.6. The fourth-order valence-corrected chi connectivity index (χ4v) is 1.22. The summed E-state index contributed by atoms with van der Waals surface area (Å²) in [5.74, 6) is -3.15. The standard InChI is InChI=1S/C8H4ClF6NO2/c9-2-3-4(17)1-5(18-8(13,14)15)6(16-3)7(10,11)12/h1,17H,2H2. The molecule has 0 fully saturated rings. The number of rotatable bonds is 2. The van der Waals surface area contributed by atoms with E-state index in [2.05, 4.69) is 9.72 Å². The van der Waals surface area contributed by atoms with E-state index in [4.69, 9.17) is 16.7 Å². The smallest absolute Gasteiger partial charge is 0.506 e. The molecule has 0 unspecified atom stereocenters. The molecule has 18 heavy (non-hydrogen) atoms. The number of ether oxygens (including phenoxy) is 1. The molecule has 1 aromatic rings. The second-order valence-electron chi connectivity index (χ2n) is 2.98. The van der Waals surface area contributed by atoms with Gasteiger partial charge in [-0.3, -0.25) is 0 Å². The molecule has 0 aliphatic rings. The third-order valence-electron chi connectivity index (χ3n) is 1.66. The molecule has 1 N–H and O–H groups in total. The summed E-state index contributed by atoms with van der Waals surface area (Å²) >= 11 is 5.19. The lowest BCUT2D eigenvalue weighted by Gasteiger charge is -2.15. The quantitative estimate of drug-likeness (QED) is 0.671. The minimum Gasteiger partial charge on any atom is -0.506 e. The summed E-state index contributed by atoms with van der Waals surface area (Å²) in [7, 11) is 0. The van der Waals surface area contributed by atoms with Crippen LogP contribution in [0.15, 0.2) is 6.07 Å². The highest BCUT2D eigenvalue weighted by atomic mass is 35.5. The number of nitrogens with zero attached hydrogens (tertiary/aromatic N) is 1. The molecule has 0 atom stereocenters. The fraction of sp³-hybridized carbons (Fsp3) is 0.375. The summed E-state index contributed by atoms with van der Waals surface area (Å²) in [5, 5.41) is 9.12. The maximum atomic E-state index is 12.4. The van der Waals surface area contributed by atoms with Crippen molar-refractivity contribution in [2.24, 2.45) is 0 Å². The van der Waals surface area contributed by atoms with Crippen LogP contribution in [0.1, 0.15) is 11.4 Å². The van der Waals surface area contributed by atoms with Crippen LogP contribution in [-0.4, -0.2) is 16.5 Å². The van der Waals surface area contributed by atoms with Crippen molar-refractivity contribution in [2.45, 2.75) is 18.4 Å². The molecule has 0 aromatic carbocycles. The summed E-state index contributed by atoms with van der Waals surface area (Å²) in [6.07, 6.45) is -10.5. The van der Waals surface area contributed by atoms with Gasteiger partial charge < -0.3 is 9.84 Å². The van der Waals surface area contributed by atoms with Gasteiger partial charge in [-0.25, -0.2) is 4.98 Å². The molecule has 0 radical (unpaired) electrons. The zero-order valence-corrected chi connectivity index (χ0v) is 8.99. The first kappa shape index (κ1) is 14.7. The topological polar surface area (TPSA) is 42.4 Å². The lowest BCUT2D eigenvalue weighted by atomic mass is 10.2. The van der Waals surface area contributed by atoms with Crippen LogP contribution in [0.25, 0.3) is 0 Å².